The van der Waals surface area contributed by atoms with Crippen LogP contribution in [0.15, 0.2) is 11.0 Å². The first kappa shape index (κ1) is 15.8. The van der Waals surface area contributed by atoms with E-state index < -0.39 is 35.7 Å². The second kappa shape index (κ2) is 5.02. The maximum absolute atomic E-state index is 13.7. The van der Waals surface area contributed by atoms with Crippen molar-refractivity contribution in [2.24, 2.45) is 0 Å². The summed E-state index contributed by atoms with van der Waals surface area (Å²) in [7, 11) is 0.786. The van der Waals surface area contributed by atoms with Crippen molar-refractivity contribution in [3.63, 3.8) is 0 Å². The molecular weight excluding hydrogens is 352 g/mol. The van der Waals surface area contributed by atoms with Crippen LogP contribution in [0.1, 0.15) is 30.1 Å². The van der Waals surface area contributed by atoms with Crippen LogP contribution < -0.4 is 5.32 Å². The summed E-state index contributed by atoms with van der Waals surface area (Å²) in [5.74, 6) is -1.76. The molecule has 1 amide bonds. The molecule has 1 fully saturated rings. The number of hydrogen-bond donors (Lipinski definition) is 1. The Morgan fingerprint density at radius 2 is 1.90 bits per heavy atom. The molecule has 0 saturated heterocycles. The van der Waals surface area contributed by atoms with Crippen molar-refractivity contribution >= 4 is 48.8 Å². The zero-order valence-electron chi connectivity index (χ0n) is 10.1. The standard InChI is InChI=1S/C11H9Cl3FNO3S/c1-11(2-3-11)16-10(17)5-4-6(15)8(13)9(7(5)12)20(14,18)19/h4H,2-3H2,1H3,(H,16,17). The van der Waals surface area contributed by atoms with Gasteiger partial charge in [-0.2, -0.15) is 0 Å². The molecule has 1 aliphatic carbocycles. The maximum Gasteiger partial charge on any atom is 0.264 e. The van der Waals surface area contributed by atoms with Gasteiger partial charge in [-0.05, 0) is 25.8 Å². The van der Waals surface area contributed by atoms with Crippen molar-refractivity contribution in [2.75, 3.05) is 0 Å². The largest absolute Gasteiger partial charge is 0.347 e. The summed E-state index contributed by atoms with van der Waals surface area (Å²) in [5, 5.41) is 1.41. The molecule has 0 spiro atoms. The van der Waals surface area contributed by atoms with E-state index in [9.17, 15) is 17.6 Å². The van der Waals surface area contributed by atoms with Crippen LogP contribution in [0.4, 0.5) is 4.39 Å². The molecule has 1 saturated carbocycles. The molecule has 0 aliphatic heterocycles. The molecule has 0 radical (unpaired) electrons. The molecule has 20 heavy (non-hydrogen) atoms. The Balaban J connectivity index is 2.55. The third kappa shape index (κ3) is 3.03. The van der Waals surface area contributed by atoms with Gasteiger partial charge < -0.3 is 5.32 Å². The molecule has 9 heteroatoms. The number of rotatable bonds is 3. The highest BCUT2D eigenvalue weighted by Gasteiger charge is 2.39. The van der Waals surface area contributed by atoms with Crippen molar-refractivity contribution in [1.29, 1.82) is 0 Å². The number of nitrogens with one attached hydrogen (secondary N) is 1. The fraction of sp³-hybridized carbons (Fsp3) is 0.364. The van der Waals surface area contributed by atoms with Gasteiger partial charge in [0.15, 0.2) is 0 Å². The normalized spacial score (nSPS) is 16.9. The Hall–Kier alpha value is -0.560. The fourth-order valence-corrected chi connectivity index (χ4v) is 3.99. The van der Waals surface area contributed by atoms with E-state index in [4.69, 9.17) is 33.9 Å². The van der Waals surface area contributed by atoms with Gasteiger partial charge in [-0.25, -0.2) is 12.8 Å². The average Bonchev–Trinajstić information content (AvgIpc) is 2.99. The van der Waals surface area contributed by atoms with Crippen LogP contribution in [-0.4, -0.2) is 19.9 Å². The molecule has 110 valence electrons. The molecule has 2 rings (SSSR count). The van der Waals surface area contributed by atoms with Gasteiger partial charge in [0, 0.05) is 16.2 Å². The maximum atomic E-state index is 13.7. The lowest BCUT2D eigenvalue weighted by Crippen LogP contribution is -2.34. The minimum absolute atomic E-state index is 0.319. The number of benzene rings is 1. The molecule has 0 heterocycles. The lowest BCUT2D eigenvalue weighted by molar-refractivity contribution is 0.0935. The molecule has 4 nitrogen and oxygen atoms in total. The molecule has 1 aromatic rings. The summed E-state index contributed by atoms with van der Waals surface area (Å²) < 4.78 is 36.5. The molecular formula is C11H9Cl3FNO3S. The summed E-state index contributed by atoms with van der Waals surface area (Å²) in [6, 6.07) is 0.789. The van der Waals surface area contributed by atoms with Gasteiger partial charge in [0.1, 0.15) is 10.7 Å². The zero-order valence-corrected chi connectivity index (χ0v) is 13.2. The van der Waals surface area contributed by atoms with Gasteiger partial charge in [0.25, 0.3) is 15.0 Å². The van der Waals surface area contributed by atoms with Crippen LogP contribution in [0.25, 0.3) is 0 Å². The summed E-state index contributed by atoms with van der Waals surface area (Å²) in [6.45, 7) is 1.81. The van der Waals surface area contributed by atoms with E-state index >= 15 is 0 Å². The third-order valence-electron chi connectivity index (χ3n) is 3.02. The Kier molecular flexibility index (Phi) is 3.97. The molecule has 0 aromatic heterocycles. The minimum Gasteiger partial charge on any atom is -0.347 e. The summed E-state index contributed by atoms with van der Waals surface area (Å²) in [5.41, 5.74) is -0.683. The Morgan fingerprint density at radius 3 is 2.35 bits per heavy atom. The number of carbonyl (C=O) groups is 1. The Labute approximate surface area is 129 Å². The van der Waals surface area contributed by atoms with Crippen LogP contribution >= 0.6 is 33.9 Å². The lowest BCUT2D eigenvalue weighted by Gasteiger charge is -2.14. The SMILES string of the molecule is CC1(NC(=O)c2cc(F)c(Cl)c(S(=O)(=O)Cl)c2Cl)CC1. The van der Waals surface area contributed by atoms with E-state index in [1.807, 2.05) is 6.92 Å². The quantitative estimate of drug-likeness (QED) is 0.664. The van der Waals surface area contributed by atoms with Gasteiger partial charge in [0.05, 0.1) is 15.6 Å². The number of amides is 1. The first-order valence-electron chi connectivity index (χ1n) is 5.50. The number of halogens is 4. The van der Waals surface area contributed by atoms with Crippen molar-refractivity contribution in [2.45, 2.75) is 30.2 Å². The van der Waals surface area contributed by atoms with Crippen LogP contribution in [0.5, 0.6) is 0 Å². The van der Waals surface area contributed by atoms with Gasteiger partial charge in [-0.1, -0.05) is 23.2 Å². The average molecular weight is 361 g/mol. The third-order valence-corrected chi connectivity index (χ3v) is 5.36. The predicted molar refractivity (Wildman–Crippen MR) is 74.6 cm³/mol. The first-order chi connectivity index (χ1) is 9.05. The highest BCUT2D eigenvalue weighted by molar-refractivity contribution is 8.14. The monoisotopic (exact) mass is 359 g/mol. The van der Waals surface area contributed by atoms with Crippen molar-refractivity contribution < 1.29 is 17.6 Å². The predicted octanol–water partition coefficient (Wildman–Crippen LogP) is 3.34. The zero-order chi connectivity index (χ0) is 15.3. The van der Waals surface area contributed by atoms with E-state index in [2.05, 4.69) is 5.32 Å². The van der Waals surface area contributed by atoms with E-state index in [-0.39, 0.29) is 11.1 Å². The summed E-state index contributed by atoms with van der Waals surface area (Å²) in [4.78, 5) is 11.2. The van der Waals surface area contributed by atoms with Crippen LogP contribution in [-0.2, 0) is 9.05 Å². The van der Waals surface area contributed by atoms with E-state index in [1.165, 1.54) is 0 Å². The van der Waals surface area contributed by atoms with Crippen LogP contribution in [0, 0.1) is 5.82 Å². The van der Waals surface area contributed by atoms with E-state index in [0.29, 0.717) is 0 Å². The smallest absolute Gasteiger partial charge is 0.264 e. The van der Waals surface area contributed by atoms with Crippen LogP contribution in [0.2, 0.25) is 10.0 Å². The number of carbonyl (C=O) groups excluding carboxylic acids is 1. The second-order valence-corrected chi connectivity index (χ2v) is 8.07. The fourth-order valence-electron chi connectivity index (χ4n) is 1.61. The second-order valence-electron chi connectivity index (χ2n) is 4.82. The molecule has 0 bridgehead atoms. The van der Waals surface area contributed by atoms with Gasteiger partial charge in [0.2, 0.25) is 0 Å². The molecule has 1 aliphatic rings. The molecule has 1 aromatic carbocycles. The van der Waals surface area contributed by atoms with Crippen molar-refractivity contribution in [1.82, 2.24) is 5.32 Å². The highest BCUT2D eigenvalue weighted by atomic mass is 35.7. The van der Waals surface area contributed by atoms with E-state index in [1.54, 1.807) is 0 Å². The highest BCUT2D eigenvalue weighted by Crippen LogP contribution is 2.38. The lowest BCUT2D eigenvalue weighted by atomic mass is 10.2. The Morgan fingerprint density at radius 1 is 1.35 bits per heavy atom. The van der Waals surface area contributed by atoms with Crippen molar-refractivity contribution in [3.8, 4) is 0 Å². The molecule has 0 unspecified atom stereocenters. The molecule has 1 N–H and O–H groups in total. The van der Waals surface area contributed by atoms with Gasteiger partial charge in [-0.15, -0.1) is 0 Å². The van der Waals surface area contributed by atoms with Gasteiger partial charge >= 0.3 is 0 Å². The van der Waals surface area contributed by atoms with Crippen LogP contribution in [0.3, 0.4) is 0 Å². The van der Waals surface area contributed by atoms with E-state index in [0.717, 1.165) is 18.9 Å². The summed E-state index contributed by atoms with van der Waals surface area (Å²) >= 11 is 11.4. The van der Waals surface area contributed by atoms with Gasteiger partial charge in [-0.3, -0.25) is 4.79 Å². The van der Waals surface area contributed by atoms with Crippen molar-refractivity contribution in [3.05, 3.63) is 27.5 Å². The topological polar surface area (TPSA) is 63.2 Å². The first-order valence-corrected chi connectivity index (χ1v) is 8.56. The minimum atomic E-state index is -4.38. The Bertz CT molecular complexity index is 701. The summed E-state index contributed by atoms with van der Waals surface area (Å²) in [6.07, 6.45) is 1.57. The molecule has 0 atom stereocenters. The number of hydrogen-bond acceptors (Lipinski definition) is 3.